The number of hydrogen-bond donors (Lipinski definition) is 2. The third-order valence-electron chi connectivity index (χ3n) is 3.15. The topological polar surface area (TPSA) is 112 Å². The average molecular weight is 297 g/mol. The Labute approximate surface area is 124 Å². The number of carbonyl (C=O) groups excluding carboxylic acids is 2. The molecule has 118 valence electrons. The summed E-state index contributed by atoms with van der Waals surface area (Å²) in [5, 5.41) is 10.4. The maximum Gasteiger partial charge on any atom is 0.360 e. The van der Waals surface area contributed by atoms with Crippen LogP contribution >= 0.6 is 0 Å². The highest BCUT2D eigenvalue weighted by atomic mass is 16.5. The first-order valence-electron chi connectivity index (χ1n) is 6.95. The highest BCUT2D eigenvalue weighted by Gasteiger charge is 2.23. The molecular formula is C13H23N5O3. The van der Waals surface area contributed by atoms with Gasteiger partial charge in [0.25, 0.3) is 0 Å². The Morgan fingerprint density at radius 2 is 2.05 bits per heavy atom. The molecule has 0 saturated carbocycles. The molecule has 0 unspecified atom stereocenters. The van der Waals surface area contributed by atoms with Crippen molar-refractivity contribution in [1.82, 2.24) is 20.3 Å². The summed E-state index contributed by atoms with van der Waals surface area (Å²) in [4.78, 5) is 23.7. The normalized spacial score (nSPS) is 11.3. The van der Waals surface area contributed by atoms with E-state index in [0.717, 1.165) is 6.42 Å². The van der Waals surface area contributed by atoms with Gasteiger partial charge in [0.1, 0.15) is 6.54 Å². The number of hydrogen-bond acceptors (Lipinski definition) is 6. The first-order valence-corrected chi connectivity index (χ1v) is 6.95. The van der Waals surface area contributed by atoms with E-state index < -0.39 is 5.97 Å². The van der Waals surface area contributed by atoms with Gasteiger partial charge in [0.15, 0.2) is 5.69 Å². The van der Waals surface area contributed by atoms with Crippen molar-refractivity contribution in [2.24, 2.45) is 5.73 Å². The fourth-order valence-electron chi connectivity index (χ4n) is 1.66. The number of amides is 1. The van der Waals surface area contributed by atoms with E-state index in [-0.39, 0.29) is 36.8 Å². The Hall–Kier alpha value is -1.96. The summed E-state index contributed by atoms with van der Waals surface area (Å²) in [6, 6.07) is 0. The summed E-state index contributed by atoms with van der Waals surface area (Å²) in [7, 11) is 0. The van der Waals surface area contributed by atoms with Crippen molar-refractivity contribution < 1.29 is 14.3 Å². The molecule has 1 aromatic heterocycles. The second-order valence-corrected chi connectivity index (χ2v) is 5.25. The lowest BCUT2D eigenvalue weighted by Crippen LogP contribution is -2.44. The van der Waals surface area contributed by atoms with Gasteiger partial charge in [-0.25, -0.2) is 9.48 Å². The number of esters is 1. The quantitative estimate of drug-likeness (QED) is 0.696. The van der Waals surface area contributed by atoms with Gasteiger partial charge >= 0.3 is 5.97 Å². The van der Waals surface area contributed by atoms with Crippen LogP contribution in [0.2, 0.25) is 0 Å². The van der Waals surface area contributed by atoms with E-state index in [9.17, 15) is 9.59 Å². The van der Waals surface area contributed by atoms with Gasteiger partial charge in [-0.2, -0.15) is 0 Å². The molecule has 8 nitrogen and oxygen atoms in total. The molecule has 8 heteroatoms. The van der Waals surface area contributed by atoms with Crippen LogP contribution in [0.25, 0.3) is 0 Å². The van der Waals surface area contributed by atoms with Crippen molar-refractivity contribution in [3.8, 4) is 0 Å². The first kappa shape index (κ1) is 17.1. The molecule has 0 aromatic carbocycles. The second kappa shape index (κ2) is 7.16. The van der Waals surface area contributed by atoms with Gasteiger partial charge in [0, 0.05) is 12.1 Å². The molecule has 0 saturated heterocycles. The third kappa shape index (κ3) is 4.52. The Morgan fingerprint density at radius 3 is 2.57 bits per heavy atom. The number of nitrogens with one attached hydrogen (secondary N) is 1. The van der Waals surface area contributed by atoms with Crippen molar-refractivity contribution in [2.75, 3.05) is 6.61 Å². The zero-order chi connectivity index (χ0) is 16.0. The minimum Gasteiger partial charge on any atom is -0.461 e. The van der Waals surface area contributed by atoms with Gasteiger partial charge < -0.3 is 15.8 Å². The van der Waals surface area contributed by atoms with Crippen LogP contribution in [0, 0.1) is 0 Å². The second-order valence-electron chi connectivity index (χ2n) is 5.25. The highest BCUT2D eigenvalue weighted by molar-refractivity contribution is 5.88. The van der Waals surface area contributed by atoms with Crippen LogP contribution in [0.3, 0.4) is 0 Å². The van der Waals surface area contributed by atoms with Gasteiger partial charge in [0.05, 0.1) is 12.3 Å². The lowest BCUT2D eigenvalue weighted by Gasteiger charge is -2.24. The number of rotatable bonds is 7. The largest absolute Gasteiger partial charge is 0.461 e. The first-order chi connectivity index (χ1) is 9.84. The van der Waals surface area contributed by atoms with Crippen molar-refractivity contribution in [3.63, 3.8) is 0 Å². The molecule has 0 radical (unpaired) electrons. The monoisotopic (exact) mass is 297 g/mol. The summed E-state index contributed by atoms with van der Waals surface area (Å²) in [5.74, 6) is -0.796. The lowest BCUT2D eigenvalue weighted by atomic mass is 10.0. The standard InChI is InChI=1S/C13H23N5O3/c1-5-13(3,4)15-10(19)8-18-9(7-14)11(16-17-18)12(20)21-6-2/h5-8,14H2,1-4H3,(H,15,19). The zero-order valence-electron chi connectivity index (χ0n) is 13.0. The fraction of sp³-hybridized carbons (Fsp3) is 0.692. The molecule has 0 fully saturated rings. The fourth-order valence-corrected chi connectivity index (χ4v) is 1.66. The summed E-state index contributed by atoms with van der Waals surface area (Å²) >= 11 is 0. The molecular weight excluding hydrogens is 274 g/mol. The number of ether oxygens (including phenoxy) is 1. The number of carbonyl (C=O) groups is 2. The average Bonchev–Trinajstić information content (AvgIpc) is 2.81. The molecule has 1 amide bonds. The molecule has 0 atom stereocenters. The van der Waals surface area contributed by atoms with E-state index in [1.165, 1.54) is 4.68 Å². The molecule has 0 bridgehead atoms. The molecule has 1 rings (SSSR count). The molecule has 0 spiro atoms. The lowest BCUT2D eigenvalue weighted by molar-refractivity contribution is -0.123. The van der Waals surface area contributed by atoms with Gasteiger partial charge in [-0.1, -0.05) is 12.1 Å². The van der Waals surface area contributed by atoms with E-state index in [1.54, 1.807) is 6.92 Å². The van der Waals surface area contributed by atoms with Gasteiger partial charge in [-0.15, -0.1) is 5.10 Å². The van der Waals surface area contributed by atoms with E-state index in [2.05, 4.69) is 15.6 Å². The molecule has 0 aliphatic rings. The smallest absolute Gasteiger partial charge is 0.360 e. The predicted molar refractivity (Wildman–Crippen MR) is 76.4 cm³/mol. The summed E-state index contributed by atoms with van der Waals surface area (Å²) in [6.45, 7) is 7.79. The highest BCUT2D eigenvalue weighted by Crippen LogP contribution is 2.09. The Bertz CT molecular complexity index is 510. The van der Waals surface area contributed by atoms with E-state index in [4.69, 9.17) is 10.5 Å². The SMILES string of the molecule is CCOC(=O)c1nnn(CC(=O)NC(C)(C)CC)c1CN. The van der Waals surface area contributed by atoms with Crippen molar-refractivity contribution in [1.29, 1.82) is 0 Å². The summed E-state index contributed by atoms with van der Waals surface area (Å²) in [6.07, 6.45) is 0.800. The molecule has 0 aliphatic heterocycles. The van der Waals surface area contributed by atoms with Gasteiger partial charge in [-0.3, -0.25) is 4.79 Å². The third-order valence-corrected chi connectivity index (χ3v) is 3.15. The number of aromatic nitrogens is 3. The van der Waals surface area contributed by atoms with Crippen molar-refractivity contribution in [3.05, 3.63) is 11.4 Å². The van der Waals surface area contributed by atoms with Crippen LogP contribution in [0.1, 0.15) is 50.3 Å². The Balaban J connectivity index is 2.85. The van der Waals surface area contributed by atoms with E-state index in [1.807, 2.05) is 20.8 Å². The Morgan fingerprint density at radius 1 is 1.38 bits per heavy atom. The van der Waals surface area contributed by atoms with Crippen molar-refractivity contribution >= 4 is 11.9 Å². The minimum atomic E-state index is -0.585. The van der Waals surface area contributed by atoms with E-state index >= 15 is 0 Å². The molecule has 1 aromatic rings. The van der Waals surface area contributed by atoms with Crippen molar-refractivity contribution in [2.45, 2.75) is 52.7 Å². The summed E-state index contributed by atoms with van der Waals surface area (Å²) in [5.41, 5.74) is 5.76. The molecule has 3 N–H and O–H groups in total. The van der Waals surface area contributed by atoms with Crippen LogP contribution in [0.15, 0.2) is 0 Å². The maximum absolute atomic E-state index is 12.0. The number of nitrogens with two attached hydrogens (primary N) is 1. The zero-order valence-corrected chi connectivity index (χ0v) is 13.0. The van der Waals surface area contributed by atoms with Gasteiger partial charge in [-0.05, 0) is 27.2 Å². The molecule has 0 aliphatic carbocycles. The molecule has 21 heavy (non-hydrogen) atoms. The number of nitrogens with zero attached hydrogens (tertiary/aromatic N) is 3. The van der Waals surface area contributed by atoms with E-state index in [0.29, 0.717) is 5.69 Å². The van der Waals surface area contributed by atoms with Crippen LogP contribution in [-0.2, 0) is 22.6 Å². The van der Waals surface area contributed by atoms with Crippen LogP contribution < -0.4 is 11.1 Å². The van der Waals surface area contributed by atoms with Crippen LogP contribution in [-0.4, -0.2) is 39.0 Å². The molecule has 1 heterocycles. The van der Waals surface area contributed by atoms with Crippen LogP contribution in [0.4, 0.5) is 0 Å². The van der Waals surface area contributed by atoms with Gasteiger partial charge in [0.2, 0.25) is 5.91 Å². The maximum atomic E-state index is 12.0. The predicted octanol–water partition coefficient (Wildman–Crippen LogP) is 0.218. The Kier molecular flexibility index (Phi) is 5.83. The summed E-state index contributed by atoms with van der Waals surface area (Å²) < 4.78 is 6.20. The minimum absolute atomic E-state index is 0.0393. The van der Waals surface area contributed by atoms with Crippen LogP contribution in [0.5, 0.6) is 0 Å².